The molecule has 2 atom stereocenters. The molecule has 0 radical (unpaired) electrons. The van der Waals surface area contributed by atoms with E-state index in [0.717, 1.165) is 16.0 Å². The van der Waals surface area contributed by atoms with E-state index in [1.807, 2.05) is 12.1 Å². The lowest BCUT2D eigenvalue weighted by Crippen LogP contribution is -2.24. The summed E-state index contributed by atoms with van der Waals surface area (Å²) in [5.74, 6) is 0.803. The maximum Gasteiger partial charge on any atom is 0.0424 e. The summed E-state index contributed by atoms with van der Waals surface area (Å²) in [6.07, 6.45) is 1.29. The molecule has 0 aromatic heterocycles. The second kappa shape index (κ2) is 4.95. The van der Waals surface area contributed by atoms with Gasteiger partial charge in [-0.15, -0.1) is 0 Å². The second-order valence-corrected chi connectivity index (χ2v) is 5.64. The summed E-state index contributed by atoms with van der Waals surface area (Å²) in [7, 11) is 0. The predicted octanol–water partition coefficient (Wildman–Crippen LogP) is 4.40. The Morgan fingerprint density at radius 3 is 2.38 bits per heavy atom. The van der Waals surface area contributed by atoms with Gasteiger partial charge in [0.05, 0.1) is 0 Å². The highest BCUT2D eigenvalue weighted by molar-refractivity contribution is 6.34. The van der Waals surface area contributed by atoms with Gasteiger partial charge in [-0.3, -0.25) is 4.90 Å². The molecule has 88 valence electrons. The van der Waals surface area contributed by atoms with E-state index in [0.29, 0.717) is 6.04 Å². The van der Waals surface area contributed by atoms with Crippen LogP contribution in [-0.2, 0) is 0 Å². The molecule has 0 unspecified atom stereocenters. The number of nitrogens with zero attached hydrogens (tertiary/aromatic N) is 1. The zero-order valence-corrected chi connectivity index (χ0v) is 11.2. The molecule has 0 amide bonds. The van der Waals surface area contributed by atoms with Crippen molar-refractivity contribution in [2.75, 3.05) is 13.1 Å². The van der Waals surface area contributed by atoms with Crippen LogP contribution >= 0.6 is 23.2 Å². The van der Waals surface area contributed by atoms with Crippen LogP contribution in [0.3, 0.4) is 0 Å². The minimum absolute atomic E-state index is 0.404. The van der Waals surface area contributed by atoms with Gasteiger partial charge in [-0.1, -0.05) is 30.1 Å². The minimum atomic E-state index is 0.404. The Morgan fingerprint density at radius 2 is 1.88 bits per heavy atom. The molecule has 1 aromatic carbocycles. The maximum atomic E-state index is 6.03. The average molecular weight is 258 g/mol. The molecule has 3 heteroatoms. The van der Waals surface area contributed by atoms with E-state index in [-0.39, 0.29) is 0 Å². The van der Waals surface area contributed by atoms with Gasteiger partial charge < -0.3 is 0 Å². The molecule has 1 aliphatic rings. The number of halogens is 2. The molecule has 0 spiro atoms. The molecule has 1 saturated heterocycles. The lowest BCUT2D eigenvalue weighted by molar-refractivity contribution is 0.255. The summed E-state index contributed by atoms with van der Waals surface area (Å²) in [6.45, 7) is 6.87. The molecule has 0 bridgehead atoms. The van der Waals surface area contributed by atoms with Crippen molar-refractivity contribution in [3.05, 3.63) is 33.8 Å². The molecule has 0 N–H and O–H groups in total. The molecule has 0 saturated carbocycles. The Labute approximate surface area is 107 Å². The normalized spacial score (nSPS) is 23.6. The molecule has 16 heavy (non-hydrogen) atoms. The van der Waals surface area contributed by atoms with Crippen LogP contribution in [0.2, 0.25) is 10.0 Å². The Kier molecular flexibility index (Phi) is 3.78. The van der Waals surface area contributed by atoms with Crippen LogP contribution in [-0.4, -0.2) is 18.0 Å². The van der Waals surface area contributed by atoms with Gasteiger partial charge in [-0.05, 0) is 49.6 Å². The summed E-state index contributed by atoms with van der Waals surface area (Å²) in [6, 6.07) is 6.22. The van der Waals surface area contributed by atoms with Crippen molar-refractivity contribution >= 4 is 23.2 Å². The molecular formula is C13H17Cl2N. The van der Waals surface area contributed by atoms with Crippen molar-refractivity contribution in [1.29, 1.82) is 0 Å². The van der Waals surface area contributed by atoms with Crippen LogP contribution in [0.15, 0.2) is 18.2 Å². The first-order valence-corrected chi connectivity index (χ1v) is 6.52. The zero-order chi connectivity index (χ0) is 11.7. The van der Waals surface area contributed by atoms with Gasteiger partial charge in [-0.2, -0.15) is 0 Å². The first-order valence-electron chi connectivity index (χ1n) is 5.76. The zero-order valence-electron chi connectivity index (χ0n) is 9.71. The Hall–Kier alpha value is -0.240. The van der Waals surface area contributed by atoms with Crippen LogP contribution < -0.4 is 0 Å². The van der Waals surface area contributed by atoms with Crippen LogP contribution in [0, 0.1) is 5.92 Å². The fraction of sp³-hybridized carbons (Fsp3) is 0.538. The molecule has 1 aliphatic heterocycles. The quantitative estimate of drug-likeness (QED) is 0.760. The largest absolute Gasteiger partial charge is 0.296 e. The summed E-state index contributed by atoms with van der Waals surface area (Å²) >= 11 is 12.1. The summed E-state index contributed by atoms with van der Waals surface area (Å²) < 4.78 is 0. The number of rotatable bonds is 2. The molecule has 1 aromatic rings. The highest BCUT2D eigenvalue weighted by atomic mass is 35.5. The molecule has 2 rings (SSSR count). The molecule has 1 heterocycles. The molecular weight excluding hydrogens is 241 g/mol. The fourth-order valence-electron chi connectivity index (χ4n) is 2.35. The summed E-state index contributed by atoms with van der Waals surface area (Å²) in [5.41, 5.74) is 1.21. The maximum absolute atomic E-state index is 6.03. The van der Waals surface area contributed by atoms with Crippen molar-refractivity contribution in [2.45, 2.75) is 26.3 Å². The van der Waals surface area contributed by atoms with E-state index in [9.17, 15) is 0 Å². The van der Waals surface area contributed by atoms with Crippen LogP contribution in [0.25, 0.3) is 0 Å². The first-order chi connectivity index (χ1) is 7.56. The molecule has 1 fully saturated rings. The number of benzene rings is 1. The summed E-state index contributed by atoms with van der Waals surface area (Å²) in [5, 5.41) is 1.45. The van der Waals surface area contributed by atoms with Gasteiger partial charge in [0.1, 0.15) is 0 Å². The first kappa shape index (κ1) is 12.2. The number of hydrogen-bond acceptors (Lipinski definition) is 1. The predicted molar refractivity (Wildman–Crippen MR) is 70.2 cm³/mol. The van der Waals surface area contributed by atoms with E-state index in [1.165, 1.54) is 25.1 Å². The standard InChI is InChI=1S/C13H17Cl2N/c1-9-3-4-16(8-9)10(2)11-5-12(14)7-13(15)6-11/h5-7,9-10H,3-4,8H2,1-2H3/t9-,10+/m1/s1. The Balaban J connectivity index is 2.17. The highest BCUT2D eigenvalue weighted by Crippen LogP contribution is 2.30. The third-order valence-electron chi connectivity index (χ3n) is 3.37. The van der Waals surface area contributed by atoms with E-state index in [2.05, 4.69) is 18.7 Å². The van der Waals surface area contributed by atoms with Crippen LogP contribution in [0.5, 0.6) is 0 Å². The SMILES string of the molecule is C[C@@H]1CCN([C@@H](C)c2cc(Cl)cc(Cl)c2)C1. The minimum Gasteiger partial charge on any atom is -0.296 e. The second-order valence-electron chi connectivity index (χ2n) is 4.77. The van der Waals surface area contributed by atoms with Crippen LogP contribution in [0.1, 0.15) is 31.9 Å². The van der Waals surface area contributed by atoms with Crippen molar-refractivity contribution in [1.82, 2.24) is 4.90 Å². The monoisotopic (exact) mass is 257 g/mol. The highest BCUT2D eigenvalue weighted by Gasteiger charge is 2.24. The average Bonchev–Trinajstić information content (AvgIpc) is 2.62. The third-order valence-corrected chi connectivity index (χ3v) is 3.81. The number of likely N-dealkylation sites (tertiary alicyclic amines) is 1. The van der Waals surface area contributed by atoms with Crippen molar-refractivity contribution in [3.63, 3.8) is 0 Å². The van der Waals surface area contributed by atoms with Gasteiger partial charge in [0.2, 0.25) is 0 Å². The smallest absolute Gasteiger partial charge is 0.0424 e. The van der Waals surface area contributed by atoms with Gasteiger partial charge in [0.25, 0.3) is 0 Å². The van der Waals surface area contributed by atoms with Gasteiger partial charge >= 0.3 is 0 Å². The Bertz CT molecular complexity index is 358. The molecule has 1 nitrogen and oxygen atoms in total. The lowest BCUT2D eigenvalue weighted by atomic mass is 10.1. The third kappa shape index (κ3) is 2.71. The lowest BCUT2D eigenvalue weighted by Gasteiger charge is -2.24. The van der Waals surface area contributed by atoms with Crippen molar-refractivity contribution < 1.29 is 0 Å². The molecule has 0 aliphatic carbocycles. The summed E-state index contributed by atoms with van der Waals surface area (Å²) in [4.78, 5) is 2.49. The van der Waals surface area contributed by atoms with Crippen molar-refractivity contribution in [2.24, 2.45) is 5.92 Å². The van der Waals surface area contributed by atoms with Crippen molar-refractivity contribution in [3.8, 4) is 0 Å². The van der Waals surface area contributed by atoms with E-state index in [4.69, 9.17) is 23.2 Å². The Morgan fingerprint density at radius 1 is 1.25 bits per heavy atom. The van der Waals surface area contributed by atoms with E-state index < -0.39 is 0 Å². The van der Waals surface area contributed by atoms with E-state index in [1.54, 1.807) is 6.07 Å². The van der Waals surface area contributed by atoms with E-state index >= 15 is 0 Å². The topological polar surface area (TPSA) is 3.24 Å². The fourth-order valence-corrected chi connectivity index (χ4v) is 2.89. The number of hydrogen-bond donors (Lipinski definition) is 0. The van der Waals surface area contributed by atoms with Gasteiger partial charge in [-0.25, -0.2) is 0 Å². The van der Waals surface area contributed by atoms with Gasteiger partial charge in [0.15, 0.2) is 0 Å². The van der Waals surface area contributed by atoms with Crippen LogP contribution in [0.4, 0.5) is 0 Å². The van der Waals surface area contributed by atoms with Gasteiger partial charge in [0, 0.05) is 22.6 Å².